The number of alkyl halides is 4. The topological polar surface area (TPSA) is 29.1 Å². The van der Waals surface area contributed by atoms with Gasteiger partial charge in [-0.1, -0.05) is 12.1 Å². The van der Waals surface area contributed by atoms with Gasteiger partial charge in [0.05, 0.1) is 6.67 Å². The number of aryl methyl sites for hydroxylation is 1. The van der Waals surface area contributed by atoms with E-state index in [0.29, 0.717) is 5.56 Å². The van der Waals surface area contributed by atoms with Crippen LogP contribution < -0.4 is 5.32 Å². The van der Waals surface area contributed by atoms with E-state index in [0.717, 1.165) is 0 Å². The van der Waals surface area contributed by atoms with Gasteiger partial charge in [0.2, 0.25) is 0 Å². The number of benzene rings is 1. The Morgan fingerprint density at radius 2 is 2.00 bits per heavy atom. The molecule has 0 aliphatic heterocycles. The molecule has 88 valence electrons. The van der Waals surface area contributed by atoms with Crippen molar-refractivity contribution in [2.45, 2.75) is 12.6 Å². The first-order valence-electron chi connectivity index (χ1n) is 4.46. The number of halogens is 4. The maximum absolute atomic E-state index is 12.0. The van der Waals surface area contributed by atoms with Crippen LogP contribution in [-0.2, 0) is 11.2 Å². The maximum Gasteiger partial charge on any atom is 0.471 e. The second-order valence-corrected chi connectivity index (χ2v) is 3.09. The lowest BCUT2D eigenvalue weighted by molar-refractivity contribution is -0.167. The summed E-state index contributed by atoms with van der Waals surface area (Å²) in [7, 11) is 0. The van der Waals surface area contributed by atoms with E-state index < -0.39 is 18.8 Å². The van der Waals surface area contributed by atoms with E-state index in [1.807, 2.05) is 0 Å². The van der Waals surface area contributed by atoms with Crippen molar-refractivity contribution in [2.24, 2.45) is 0 Å². The monoisotopic (exact) mass is 235 g/mol. The van der Waals surface area contributed by atoms with Crippen molar-refractivity contribution >= 4 is 11.6 Å². The SMILES string of the molecule is O=C(Nc1cccc(CCF)c1)C(F)(F)F. The molecule has 1 rings (SSSR count). The van der Waals surface area contributed by atoms with Crippen molar-refractivity contribution in [1.82, 2.24) is 0 Å². The zero-order chi connectivity index (χ0) is 12.2. The van der Waals surface area contributed by atoms with Crippen LogP contribution in [-0.4, -0.2) is 18.8 Å². The molecular formula is C10H9F4NO. The smallest absolute Gasteiger partial charge is 0.318 e. The van der Waals surface area contributed by atoms with Crippen LogP contribution in [0.25, 0.3) is 0 Å². The molecular weight excluding hydrogens is 226 g/mol. The zero-order valence-electron chi connectivity index (χ0n) is 8.14. The third kappa shape index (κ3) is 3.52. The number of nitrogens with one attached hydrogen (secondary N) is 1. The lowest BCUT2D eigenvalue weighted by atomic mass is 10.1. The second kappa shape index (κ2) is 4.96. The van der Waals surface area contributed by atoms with Gasteiger partial charge in [-0.05, 0) is 17.7 Å². The molecule has 0 aliphatic carbocycles. The van der Waals surface area contributed by atoms with Gasteiger partial charge in [0.1, 0.15) is 0 Å². The molecule has 0 heterocycles. The van der Waals surface area contributed by atoms with E-state index in [9.17, 15) is 22.4 Å². The van der Waals surface area contributed by atoms with Crippen molar-refractivity contribution in [2.75, 3.05) is 12.0 Å². The fourth-order valence-electron chi connectivity index (χ4n) is 1.12. The Morgan fingerprint density at radius 1 is 1.31 bits per heavy atom. The molecule has 1 N–H and O–H groups in total. The van der Waals surface area contributed by atoms with E-state index in [1.54, 1.807) is 11.4 Å². The molecule has 0 saturated carbocycles. The summed E-state index contributed by atoms with van der Waals surface area (Å²) in [4.78, 5) is 10.6. The van der Waals surface area contributed by atoms with Crippen LogP contribution in [0.5, 0.6) is 0 Å². The van der Waals surface area contributed by atoms with E-state index >= 15 is 0 Å². The minimum absolute atomic E-state index is 0.00766. The first-order chi connectivity index (χ1) is 7.43. The third-order valence-corrected chi connectivity index (χ3v) is 1.83. The number of anilines is 1. The van der Waals surface area contributed by atoms with E-state index in [-0.39, 0.29) is 12.1 Å². The zero-order valence-corrected chi connectivity index (χ0v) is 8.14. The number of hydrogen-bond acceptors (Lipinski definition) is 1. The predicted molar refractivity (Wildman–Crippen MR) is 50.8 cm³/mol. The number of carbonyl (C=O) groups is 1. The Morgan fingerprint density at radius 3 is 2.56 bits per heavy atom. The van der Waals surface area contributed by atoms with E-state index in [1.165, 1.54) is 18.2 Å². The Labute approximate surface area is 89.3 Å². The molecule has 0 radical (unpaired) electrons. The highest BCUT2D eigenvalue weighted by Crippen LogP contribution is 2.19. The summed E-state index contributed by atoms with van der Waals surface area (Å²) in [6.07, 6.45) is -4.81. The van der Waals surface area contributed by atoms with Crippen LogP contribution in [0.2, 0.25) is 0 Å². The van der Waals surface area contributed by atoms with Crippen LogP contribution in [0, 0.1) is 0 Å². The Kier molecular flexibility index (Phi) is 3.87. The van der Waals surface area contributed by atoms with Crippen LogP contribution in [0.15, 0.2) is 24.3 Å². The van der Waals surface area contributed by atoms with Crippen molar-refractivity contribution in [1.29, 1.82) is 0 Å². The van der Waals surface area contributed by atoms with Gasteiger partial charge in [0.15, 0.2) is 0 Å². The molecule has 2 nitrogen and oxygen atoms in total. The minimum atomic E-state index is -4.92. The van der Waals surface area contributed by atoms with Gasteiger partial charge in [0, 0.05) is 12.1 Å². The Bertz CT molecular complexity index is 375. The van der Waals surface area contributed by atoms with E-state index in [2.05, 4.69) is 0 Å². The summed E-state index contributed by atoms with van der Waals surface area (Å²) in [6, 6.07) is 5.65. The molecule has 0 atom stereocenters. The minimum Gasteiger partial charge on any atom is -0.318 e. The first-order valence-corrected chi connectivity index (χ1v) is 4.46. The largest absolute Gasteiger partial charge is 0.471 e. The highest BCUT2D eigenvalue weighted by molar-refractivity contribution is 5.94. The normalized spacial score (nSPS) is 11.2. The maximum atomic E-state index is 12.0. The second-order valence-electron chi connectivity index (χ2n) is 3.09. The average Bonchev–Trinajstić information content (AvgIpc) is 2.17. The first kappa shape index (κ1) is 12.5. The fraction of sp³-hybridized carbons (Fsp3) is 0.300. The van der Waals surface area contributed by atoms with Gasteiger partial charge in [-0.2, -0.15) is 13.2 Å². The number of hydrogen-bond donors (Lipinski definition) is 1. The van der Waals surface area contributed by atoms with Crippen molar-refractivity contribution < 1.29 is 22.4 Å². The quantitative estimate of drug-likeness (QED) is 0.802. The van der Waals surface area contributed by atoms with Gasteiger partial charge in [0.25, 0.3) is 0 Å². The lowest BCUT2D eigenvalue weighted by Crippen LogP contribution is -2.29. The van der Waals surface area contributed by atoms with Crippen molar-refractivity contribution in [3.8, 4) is 0 Å². The molecule has 0 spiro atoms. The molecule has 6 heteroatoms. The average molecular weight is 235 g/mol. The van der Waals surface area contributed by atoms with Gasteiger partial charge >= 0.3 is 12.1 Å². The summed E-state index contributed by atoms with van der Waals surface area (Å²) in [6.45, 7) is -0.601. The van der Waals surface area contributed by atoms with Crippen LogP contribution in [0.4, 0.5) is 23.2 Å². The molecule has 0 fully saturated rings. The molecule has 1 aromatic carbocycles. The highest BCUT2D eigenvalue weighted by atomic mass is 19.4. The van der Waals surface area contributed by atoms with Crippen molar-refractivity contribution in [3.05, 3.63) is 29.8 Å². The highest BCUT2D eigenvalue weighted by Gasteiger charge is 2.38. The summed E-state index contributed by atoms with van der Waals surface area (Å²) in [5.74, 6) is -2.04. The van der Waals surface area contributed by atoms with Crippen LogP contribution in [0.1, 0.15) is 5.56 Å². The number of amides is 1. The van der Waals surface area contributed by atoms with Gasteiger partial charge in [-0.25, -0.2) is 0 Å². The predicted octanol–water partition coefficient (Wildman–Crippen LogP) is 2.70. The lowest BCUT2D eigenvalue weighted by Gasteiger charge is -2.08. The van der Waals surface area contributed by atoms with Gasteiger partial charge in [-0.15, -0.1) is 0 Å². The molecule has 16 heavy (non-hydrogen) atoms. The Balaban J connectivity index is 2.74. The molecule has 0 unspecified atom stereocenters. The summed E-state index contributed by atoms with van der Waals surface area (Å²) in [5.41, 5.74) is 0.538. The molecule has 1 aromatic rings. The third-order valence-electron chi connectivity index (χ3n) is 1.83. The molecule has 0 aromatic heterocycles. The van der Waals surface area contributed by atoms with E-state index in [4.69, 9.17) is 0 Å². The summed E-state index contributed by atoms with van der Waals surface area (Å²) < 4.78 is 47.7. The molecule has 0 bridgehead atoms. The summed E-state index contributed by atoms with van der Waals surface area (Å²) in [5, 5.41) is 1.69. The molecule has 0 aliphatic rings. The number of rotatable bonds is 3. The fourth-order valence-corrected chi connectivity index (χ4v) is 1.12. The van der Waals surface area contributed by atoms with Crippen LogP contribution >= 0.6 is 0 Å². The van der Waals surface area contributed by atoms with Gasteiger partial charge in [-0.3, -0.25) is 9.18 Å². The summed E-state index contributed by atoms with van der Waals surface area (Å²) >= 11 is 0. The van der Waals surface area contributed by atoms with Gasteiger partial charge < -0.3 is 5.32 Å². The standard InChI is InChI=1S/C10H9F4NO/c11-5-4-7-2-1-3-8(6-7)15-9(16)10(12,13)14/h1-3,6H,4-5H2,(H,15,16). The molecule has 1 amide bonds. The Hall–Kier alpha value is -1.59. The van der Waals surface area contributed by atoms with Crippen LogP contribution in [0.3, 0.4) is 0 Å². The van der Waals surface area contributed by atoms with Crippen molar-refractivity contribution in [3.63, 3.8) is 0 Å². The molecule has 0 saturated heterocycles. The number of carbonyl (C=O) groups excluding carboxylic acids is 1.